The monoisotopic (exact) mass is 428 g/mol. The van der Waals surface area contributed by atoms with Gasteiger partial charge in [0.1, 0.15) is 0 Å². The van der Waals surface area contributed by atoms with Gasteiger partial charge in [0.05, 0.1) is 5.56 Å². The molecule has 3 aromatic rings. The van der Waals surface area contributed by atoms with Crippen molar-refractivity contribution in [3.05, 3.63) is 94.8 Å². The van der Waals surface area contributed by atoms with Gasteiger partial charge < -0.3 is 4.57 Å². The van der Waals surface area contributed by atoms with Gasteiger partial charge in [0.25, 0.3) is 0 Å². The zero-order valence-electron chi connectivity index (χ0n) is 18.7. The first-order valence-electron chi connectivity index (χ1n) is 10.7. The van der Waals surface area contributed by atoms with Gasteiger partial charge in [-0.2, -0.15) is 13.2 Å². The van der Waals surface area contributed by atoms with E-state index < -0.39 is 11.7 Å². The van der Waals surface area contributed by atoms with Crippen LogP contribution in [0.15, 0.2) is 66.9 Å². The van der Waals surface area contributed by atoms with E-state index in [1.54, 1.807) is 12.1 Å². The van der Waals surface area contributed by atoms with Gasteiger partial charge in [-0.25, -0.2) is 0 Å². The molecule has 1 aromatic heterocycles. The van der Waals surface area contributed by atoms with E-state index in [0.29, 0.717) is 18.5 Å². The molecule has 2 aromatic carbocycles. The fourth-order valence-corrected chi connectivity index (χ4v) is 3.76. The molecule has 0 spiro atoms. The predicted octanol–water partition coefficient (Wildman–Crippen LogP) is 6.91. The third kappa shape index (κ3) is 6.23. The van der Waals surface area contributed by atoms with Gasteiger partial charge in [0, 0.05) is 37.6 Å². The third-order valence-corrected chi connectivity index (χ3v) is 5.93. The van der Waals surface area contributed by atoms with Crippen LogP contribution in [0.4, 0.5) is 13.2 Å². The molecule has 0 saturated carbocycles. The Kier molecular flexibility index (Phi) is 7.26. The molecule has 31 heavy (non-hydrogen) atoms. The first kappa shape index (κ1) is 23.1. The summed E-state index contributed by atoms with van der Waals surface area (Å²) in [5.41, 5.74) is 3.93. The van der Waals surface area contributed by atoms with Crippen LogP contribution in [-0.4, -0.2) is 15.5 Å². The van der Waals surface area contributed by atoms with Gasteiger partial charge in [-0.15, -0.1) is 0 Å². The van der Waals surface area contributed by atoms with Crippen molar-refractivity contribution >= 4 is 0 Å². The average Bonchev–Trinajstić information content (AvgIpc) is 3.13. The number of aromatic nitrogens is 1. The maximum absolute atomic E-state index is 12.8. The topological polar surface area (TPSA) is 8.17 Å². The Labute approximate surface area is 183 Å². The summed E-state index contributed by atoms with van der Waals surface area (Å²) in [5.74, 6) is 0.503. The lowest BCUT2D eigenvalue weighted by atomic mass is 10.0. The van der Waals surface area contributed by atoms with E-state index in [2.05, 4.69) is 67.5 Å². The van der Waals surface area contributed by atoms with Gasteiger partial charge in [0.2, 0.25) is 0 Å². The van der Waals surface area contributed by atoms with Gasteiger partial charge in [0.15, 0.2) is 0 Å². The molecule has 0 aliphatic heterocycles. The second kappa shape index (κ2) is 9.73. The molecule has 3 rings (SSSR count). The van der Waals surface area contributed by atoms with Crippen LogP contribution in [0, 0.1) is 12.8 Å². The summed E-state index contributed by atoms with van der Waals surface area (Å²) < 4.78 is 40.6. The fourth-order valence-electron chi connectivity index (χ4n) is 3.76. The smallest absolute Gasteiger partial charge is 0.346 e. The summed E-state index contributed by atoms with van der Waals surface area (Å²) in [6.07, 6.45) is -2.31. The summed E-state index contributed by atoms with van der Waals surface area (Å²) in [6, 6.07) is 18.5. The normalized spacial score (nSPS) is 13.2. The summed E-state index contributed by atoms with van der Waals surface area (Å²) >= 11 is 0. The maximum Gasteiger partial charge on any atom is 0.416 e. The molecular formula is C26H31F3N2. The largest absolute Gasteiger partial charge is 0.416 e. The van der Waals surface area contributed by atoms with Crippen LogP contribution in [0.25, 0.3) is 0 Å². The second-order valence-corrected chi connectivity index (χ2v) is 8.70. The molecule has 0 amide bonds. The van der Waals surface area contributed by atoms with Crippen molar-refractivity contribution < 1.29 is 13.2 Å². The summed E-state index contributed by atoms with van der Waals surface area (Å²) in [4.78, 5) is 2.47. The molecule has 1 atom stereocenters. The first-order chi connectivity index (χ1) is 14.6. The number of halogens is 3. The van der Waals surface area contributed by atoms with Gasteiger partial charge in [-0.05, 0) is 55.2 Å². The van der Waals surface area contributed by atoms with Crippen molar-refractivity contribution in [3.8, 4) is 0 Å². The lowest BCUT2D eigenvalue weighted by Crippen LogP contribution is -2.36. The van der Waals surface area contributed by atoms with Crippen molar-refractivity contribution in [1.29, 1.82) is 0 Å². The highest BCUT2D eigenvalue weighted by Gasteiger charge is 2.30. The van der Waals surface area contributed by atoms with E-state index in [0.717, 1.165) is 36.5 Å². The van der Waals surface area contributed by atoms with Crippen LogP contribution in [0.2, 0.25) is 0 Å². The number of rotatable bonds is 8. The maximum atomic E-state index is 12.8. The highest BCUT2D eigenvalue weighted by Crippen LogP contribution is 2.29. The minimum Gasteiger partial charge on any atom is -0.346 e. The van der Waals surface area contributed by atoms with E-state index in [9.17, 15) is 13.2 Å². The molecule has 1 heterocycles. The van der Waals surface area contributed by atoms with Gasteiger partial charge >= 0.3 is 6.18 Å². The van der Waals surface area contributed by atoms with E-state index in [1.165, 1.54) is 11.1 Å². The Morgan fingerprint density at radius 2 is 1.58 bits per heavy atom. The molecular weight excluding hydrogens is 397 g/mol. The molecule has 2 nitrogen and oxygen atoms in total. The quantitative estimate of drug-likeness (QED) is 0.378. The molecule has 0 N–H and O–H groups in total. The molecule has 0 saturated heterocycles. The zero-order valence-corrected chi connectivity index (χ0v) is 18.7. The molecule has 0 fully saturated rings. The van der Waals surface area contributed by atoms with Crippen molar-refractivity contribution in [1.82, 2.24) is 9.47 Å². The van der Waals surface area contributed by atoms with Crippen molar-refractivity contribution in [2.75, 3.05) is 0 Å². The lowest BCUT2D eigenvalue weighted by molar-refractivity contribution is -0.137. The van der Waals surface area contributed by atoms with Crippen molar-refractivity contribution in [2.24, 2.45) is 5.92 Å². The van der Waals surface area contributed by atoms with E-state index in [1.807, 2.05) is 12.3 Å². The second-order valence-electron chi connectivity index (χ2n) is 8.70. The molecule has 166 valence electrons. The zero-order chi connectivity index (χ0) is 22.6. The Morgan fingerprint density at radius 1 is 0.871 bits per heavy atom. The first-order valence-corrected chi connectivity index (χ1v) is 10.7. The lowest BCUT2D eigenvalue weighted by Gasteiger charge is -2.32. The van der Waals surface area contributed by atoms with Crippen LogP contribution in [0.3, 0.4) is 0 Å². The molecule has 0 aliphatic rings. The number of alkyl halides is 3. The van der Waals surface area contributed by atoms with E-state index >= 15 is 0 Å². The predicted molar refractivity (Wildman–Crippen MR) is 120 cm³/mol. The number of hydrogen-bond donors (Lipinski definition) is 0. The average molecular weight is 429 g/mol. The van der Waals surface area contributed by atoms with Crippen LogP contribution in [0.1, 0.15) is 48.7 Å². The standard InChI is InChI=1S/C26H31F3N2/c1-19(2)21(4)31(17-23-8-5-7-20(3)15-23)18-25-9-6-14-30(25)16-22-10-12-24(13-11-22)26(27,28)29/h5-15,19,21H,16-18H2,1-4H3/t21-/m0/s1. The highest BCUT2D eigenvalue weighted by molar-refractivity contribution is 5.26. The Morgan fingerprint density at radius 3 is 2.19 bits per heavy atom. The summed E-state index contributed by atoms with van der Waals surface area (Å²) in [7, 11) is 0. The number of aryl methyl sites for hydroxylation is 1. The van der Waals surface area contributed by atoms with Crippen LogP contribution in [0.5, 0.6) is 0 Å². The minimum absolute atomic E-state index is 0.384. The Hall–Kier alpha value is -2.53. The van der Waals surface area contributed by atoms with Crippen LogP contribution in [-0.2, 0) is 25.8 Å². The van der Waals surface area contributed by atoms with E-state index in [-0.39, 0.29) is 0 Å². The minimum atomic E-state index is -4.31. The SMILES string of the molecule is Cc1cccc(CN(Cc2cccn2Cc2ccc(C(F)(F)F)cc2)[C@@H](C)C(C)C)c1. The number of hydrogen-bond acceptors (Lipinski definition) is 1. The van der Waals surface area contributed by atoms with Crippen molar-refractivity contribution in [3.63, 3.8) is 0 Å². The fraction of sp³-hybridized carbons (Fsp3) is 0.385. The van der Waals surface area contributed by atoms with E-state index in [4.69, 9.17) is 0 Å². The summed E-state index contributed by atoms with van der Waals surface area (Å²) in [6.45, 7) is 11.0. The van der Waals surface area contributed by atoms with Crippen LogP contribution >= 0.6 is 0 Å². The number of benzene rings is 2. The number of nitrogens with zero attached hydrogens (tertiary/aromatic N) is 2. The molecule has 0 bridgehead atoms. The van der Waals surface area contributed by atoms with Crippen molar-refractivity contribution in [2.45, 2.75) is 59.5 Å². The van der Waals surface area contributed by atoms with Gasteiger partial charge in [-0.3, -0.25) is 4.90 Å². The molecule has 0 unspecified atom stereocenters. The highest BCUT2D eigenvalue weighted by atomic mass is 19.4. The Bertz CT molecular complexity index is 971. The molecule has 0 radical (unpaired) electrons. The third-order valence-electron chi connectivity index (χ3n) is 5.93. The van der Waals surface area contributed by atoms with Crippen LogP contribution < -0.4 is 0 Å². The molecule has 0 aliphatic carbocycles. The van der Waals surface area contributed by atoms with Gasteiger partial charge in [-0.1, -0.05) is 55.8 Å². The Balaban J connectivity index is 1.77. The molecule has 5 heteroatoms. The summed E-state index contributed by atoms with van der Waals surface area (Å²) in [5, 5.41) is 0.